The monoisotopic (exact) mass is 324 g/mol. The highest BCUT2D eigenvalue weighted by atomic mass is 32.1. The molecule has 4 nitrogen and oxygen atoms in total. The fraction of sp³-hybridized carbons (Fsp3) is 0.133. The minimum Gasteiger partial charge on any atom is -0.497 e. The molecule has 0 saturated heterocycles. The molecule has 0 radical (unpaired) electrons. The lowest BCUT2D eigenvalue weighted by atomic mass is 10.2. The first-order valence-corrected chi connectivity index (χ1v) is 6.69. The van der Waals surface area contributed by atoms with Crippen molar-refractivity contribution in [2.24, 2.45) is 0 Å². The lowest BCUT2D eigenvalue weighted by molar-refractivity contribution is 0.395. The average molecular weight is 324 g/mol. The van der Waals surface area contributed by atoms with Gasteiger partial charge in [0.25, 0.3) is 0 Å². The number of ether oxygens (including phenoxy) is 2. The van der Waals surface area contributed by atoms with E-state index in [1.165, 1.54) is 13.2 Å². The molecule has 2 rings (SSSR count). The summed E-state index contributed by atoms with van der Waals surface area (Å²) in [6, 6.07) is 8.60. The third kappa shape index (κ3) is 3.82. The Morgan fingerprint density at radius 3 is 2.36 bits per heavy atom. The summed E-state index contributed by atoms with van der Waals surface area (Å²) in [4.78, 5) is 0. The predicted molar refractivity (Wildman–Crippen MR) is 85.7 cm³/mol. The smallest absolute Gasteiger partial charge is 0.175 e. The Hall–Kier alpha value is -2.41. The Morgan fingerprint density at radius 1 is 0.955 bits per heavy atom. The molecule has 0 aromatic heterocycles. The molecule has 0 unspecified atom stereocenters. The summed E-state index contributed by atoms with van der Waals surface area (Å²) in [6.07, 6.45) is 0. The van der Waals surface area contributed by atoms with Crippen LogP contribution in [0.4, 0.5) is 20.2 Å². The summed E-state index contributed by atoms with van der Waals surface area (Å²) in [5, 5.41) is 5.90. The summed E-state index contributed by atoms with van der Waals surface area (Å²) >= 11 is 5.14. The molecule has 0 atom stereocenters. The maximum absolute atomic E-state index is 13.1. The molecular formula is C15H14F2N2O2S. The molecule has 0 aliphatic heterocycles. The van der Waals surface area contributed by atoms with Crippen LogP contribution in [0.25, 0.3) is 0 Å². The van der Waals surface area contributed by atoms with E-state index in [1.54, 1.807) is 25.3 Å². The van der Waals surface area contributed by atoms with Crippen LogP contribution < -0.4 is 20.1 Å². The van der Waals surface area contributed by atoms with Crippen molar-refractivity contribution in [2.75, 3.05) is 24.9 Å². The van der Waals surface area contributed by atoms with Crippen LogP contribution in [0.5, 0.6) is 11.5 Å². The molecule has 0 amide bonds. The molecular weight excluding hydrogens is 310 g/mol. The Bertz CT molecular complexity index is 695. The van der Waals surface area contributed by atoms with Crippen molar-refractivity contribution in [1.82, 2.24) is 0 Å². The first-order chi connectivity index (χ1) is 10.5. The van der Waals surface area contributed by atoms with Gasteiger partial charge in [-0.3, -0.25) is 0 Å². The number of methoxy groups -OCH3 is 2. The minimum atomic E-state index is -0.949. The van der Waals surface area contributed by atoms with E-state index in [2.05, 4.69) is 10.6 Å². The van der Waals surface area contributed by atoms with Crippen LogP contribution in [-0.4, -0.2) is 19.3 Å². The number of halogens is 2. The van der Waals surface area contributed by atoms with Gasteiger partial charge in [0.2, 0.25) is 0 Å². The normalized spacial score (nSPS) is 10.0. The van der Waals surface area contributed by atoms with Gasteiger partial charge in [-0.2, -0.15) is 0 Å². The Labute approximate surface area is 132 Å². The number of nitrogens with one attached hydrogen (secondary N) is 2. The topological polar surface area (TPSA) is 42.5 Å². The van der Waals surface area contributed by atoms with Crippen LogP contribution in [-0.2, 0) is 0 Å². The zero-order chi connectivity index (χ0) is 16.1. The van der Waals surface area contributed by atoms with Crippen LogP contribution in [0.1, 0.15) is 0 Å². The van der Waals surface area contributed by atoms with Gasteiger partial charge in [-0.1, -0.05) is 0 Å². The van der Waals surface area contributed by atoms with Crippen LogP contribution >= 0.6 is 12.2 Å². The number of rotatable bonds is 4. The highest BCUT2D eigenvalue weighted by Crippen LogP contribution is 2.29. The maximum atomic E-state index is 13.1. The zero-order valence-electron chi connectivity index (χ0n) is 11.9. The number of hydrogen-bond acceptors (Lipinski definition) is 3. The fourth-order valence-electron chi connectivity index (χ4n) is 1.76. The Balaban J connectivity index is 2.10. The van der Waals surface area contributed by atoms with Gasteiger partial charge in [-0.05, 0) is 36.5 Å². The van der Waals surface area contributed by atoms with Gasteiger partial charge in [0.15, 0.2) is 16.7 Å². The molecule has 0 aliphatic rings. The molecule has 2 aromatic carbocycles. The molecule has 0 saturated carbocycles. The minimum absolute atomic E-state index is 0.217. The van der Waals surface area contributed by atoms with E-state index in [1.807, 2.05) is 0 Å². The van der Waals surface area contributed by atoms with E-state index in [4.69, 9.17) is 21.7 Å². The third-order valence-corrected chi connectivity index (χ3v) is 3.04. The van der Waals surface area contributed by atoms with Crippen LogP contribution in [0, 0.1) is 11.6 Å². The van der Waals surface area contributed by atoms with Gasteiger partial charge < -0.3 is 20.1 Å². The summed E-state index contributed by atoms with van der Waals surface area (Å²) in [5.74, 6) is -0.688. The fourth-order valence-corrected chi connectivity index (χ4v) is 1.99. The molecule has 0 aliphatic carbocycles. The van der Waals surface area contributed by atoms with E-state index in [-0.39, 0.29) is 5.11 Å². The predicted octanol–water partition coefficient (Wildman–Crippen LogP) is 3.79. The Kier molecular flexibility index (Phi) is 5.11. The van der Waals surface area contributed by atoms with Gasteiger partial charge >= 0.3 is 0 Å². The number of anilines is 2. The third-order valence-electron chi connectivity index (χ3n) is 2.83. The zero-order valence-corrected chi connectivity index (χ0v) is 12.8. The lowest BCUT2D eigenvalue weighted by Crippen LogP contribution is -2.19. The summed E-state index contributed by atoms with van der Waals surface area (Å²) < 4.78 is 36.4. The van der Waals surface area contributed by atoms with Crippen molar-refractivity contribution in [3.8, 4) is 11.5 Å². The second-order valence-electron chi connectivity index (χ2n) is 4.27. The second kappa shape index (κ2) is 7.04. The van der Waals surface area contributed by atoms with Gasteiger partial charge in [-0.25, -0.2) is 8.78 Å². The van der Waals surface area contributed by atoms with Crippen molar-refractivity contribution in [2.45, 2.75) is 0 Å². The molecule has 0 spiro atoms. The van der Waals surface area contributed by atoms with Crippen molar-refractivity contribution in [3.63, 3.8) is 0 Å². The highest BCUT2D eigenvalue weighted by molar-refractivity contribution is 7.80. The molecule has 116 valence electrons. The highest BCUT2D eigenvalue weighted by Gasteiger charge is 2.08. The second-order valence-corrected chi connectivity index (χ2v) is 4.68. The van der Waals surface area contributed by atoms with Crippen LogP contribution in [0.15, 0.2) is 36.4 Å². The summed E-state index contributed by atoms with van der Waals surface area (Å²) in [5.41, 5.74) is 0.951. The van der Waals surface area contributed by atoms with Crippen molar-refractivity contribution in [1.29, 1.82) is 0 Å². The van der Waals surface area contributed by atoms with Crippen LogP contribution in [0.3, 0.4) is 0 Å². The van der Waals surface area contributed by atoms with E-state index in [0.717, 1.165) is 12.1 Å². The largest absolute Gasteiger partial charge is 0.497 e. The van der Waals surface area contributed by atoms with Gasteiger partial charge in [0.05, 0.1) is 19.9 Å². The SMILES string of the molecule is COc1ccc(NC(=S)Nc2ccc(F)c(F)c2)c(OC)c1. The van der Waals surface area contributed by atoms with Crippen LogP contribution in [0.2, 0.25) is 0 Å². The summed E-state index contributed by atoms with van der Waals surface area (Å²) in [7, 11) is 3.07. The first kappa shape index (κ1) is 16.0. The lowest BCUT2D eigenvalue weighted by Gasteiger charge is -2.14. The average Bonchev–Trinajstić information content (AvgIpc) is 2.51. The van der Waals surface area contributed by atoms with E-state index < -0.39 is 11.6 Å². The van der Waals surface area contributed by atoms with E-state index in [0.29, 0.717) is 22.9 Å². The maximum Gasteiger partial charge on any atom is 0.175 e. The molecule has 2 aromatic rings. The van der Waals surface area contributed by atoms with Crippen molar-refractivity contribution in [3.05, 3.63) is 48.0 Å². The Morgan fingerprint density at radius 2 is 1.73 bits per heavy atom. The molecule has 22 heavy (non-hydrogen) atoms. The van der Waals surface area contributed by atoms with E-state index in [9.17, 15) is 8.78 Å². The molecule has 7 heteroatoms. The number of hydrogen-bond donors (Lipinski definition) is 2. The first-order valence-electron chi connectivity index (χ1n) is 6.28. The van der Waals surface area contributed by atoms with Gasteiger partial charge in [0.1, 0.15) is 11.5 Å². The van der Waals surface area contributed by atoms with E-state index >= 15 is 0 Å². The molecule has 0 heterocycles. The number of thiocarbonyl (C=S) groups is 1. The van der Waals surface area contributed by atoms with Gasteiger partial charge in [-0.15, -0.1) is 0 Å². The quantitative estimate of drug-likeness (QED) is 0.838. The van der Waals surface area contributed by atoms with Crippen molar-refractivity contribution >= 4 is 28.7 Å². The summed E-state index contributed by atoms with van der Waals surface area (Å²) in [6.45, 7) is 0. The molecule has 2 N–H and O–H groups in total. The molecule has 0 fully saturated rings. The molecule has 0 bridgehead atoms. The number of benzene rings is 2. The van der Waals surface area contributed by atoms with Gasteiger partial charge in [0, 0.05) is 17.8 Å². The van der Waals surface area contributed by atoms with Crippen molar-refractivity contribution < 1.29 is 18.3 Å². The standard InChI is InChI=1S/C15H14F2N2O2S/c1-20-10-4-6-13(14(8-10)21-2)19-15(22)18-9-3-5-11(16)12(17)7-9/h3-8H,1-2H3,(H2,18,19,22).